The lowest BCUT2D eigenvalue weighted by atomic mass is 9.76. The van der Waals surface area contributed by atoms with Gasteiger partial charge < -0.3 is 9.80 Å². The van der Waals surface area contributed by atoms with Crippen LogP contribution in [0, 0.1) is 0 Å². The second-order valence-electron chi connectivity index (χ2n) is 14.9. The van der Waals surface area contributed by atoms with E-state index in [1.54, 1.807) is 0 Å². The van der Waals surface area contributed by atoms with Gasteiger partial charge in [0.1, 0.15) is 0 Å². The van der Waals surface area contributed by atoms with Crippen LogP contribution in [0.5, 0.6) is 0 Å². The Bertz CT molecular complexity index is 2540. The molecule has 2 aliphatic rings. The lowest BCUT2D eigenvalue weighted by Gasteiger charge is -2.31. The summed E-state index contributed by atoms with van der Waals surface area (Å²) in [6.07, 6.45) is 4.46. The summed E-state index contributed by atoms with van der Waals surface area (Å²) in [6.45, 7) is 0. The quantitative estimate of drug-likeness (QED) is 0.155. The van der Waals surface area contributed by atoms with Crippen molar-refractivity contribution in [1.29, 1.82) is 0 Å². The maximum atomic E-state index is 2.52. The Labute approximate surface area is 324 Å². The molecule has 0 fully saturated rings. The third kappa shape index (κ3) is 6.01. The molecular weight excluding hydrogens is 665 g/mol. The number of aryl methyl sites for hydroxylation is 2. The van der Waals surface area contributed by atoms with Gasteiger partial charge >= 0.3 is 0 Å². The van der Waals surface area contributed by atoms with E-state index in [9.17, 15) is 0 Å². The Kier molecular flexibility index (Phi) is 8.37. The molecule has 2 aliphatic carbocycles. The highest BCUT2D eigenvalue weighted by atomic mass is 15.1. The summed E-state index contributed by atoms with van der Waals surface area (Å²) in [4.78, 5) is 4.85. The van der Waals surface area contributed by atoms with E-state index in [1.165, 1.54) is 67.3 Å². The van der Waals surface area contributed by atoms with Crippen molar-refractivity contribution in [1.82, 2.24) is 0 Å². The summed E-state index contributed by atoms with van der Waals surface area (Å²) >= 11 is 0. The van der Waals surface area contributed by atoms with Gasteiger partial charge in [-0.1, -0.05) is 133 Å². The molecule has 0 amide bonds. The van der Waals surface area contributed by atoms with Crippen LogP contribution in [0.3, 0.4) is 0 Å². The summed E-state index contributed by atoms with van der Waals surface area (Å²) in [6, 6.07) is 75.5. The fourth-order valence-corrected chi connectivity index (χ4v) is 9.18. The van der Waals surface area contributed by atoms with E-state index < -0.39 is 0 Å². The number of anilines is 6. The zero-order valence-corrected chi connectivity index (χ0v) is 30.9. The molecule has 55 heavy (non-hydrogen) atoms. The fraction of sp³-hybridized carbons (Fsp3) is 0.0943. The maximum absolute atomic E-state index is 2.52. The molecule has 1 spiro atoms. The molecule has 8 aromatic carbocycles. The molecule has 2 heteroatoms. The van der Waals surface area contributed by atoms with E-state index in [0.717, 1.165) is 37.1 Å². The Morgan fingerprint density at radius 1 is 0.291 bits per heavy atom. The number of nitrogens with zero attached hydrogens (tertiary/aromatic N) is 2. The summed E-state index contributed by atoms with van der Waals surface area (Å²) in [5.41, 5.74) is 17.8. The van der Waals surface area contributed by atoms with Crippen LogP contribution < -0.4 is 9.80 Å². The smallest absolute Gasteiger partial charge is 0.0467 e. The zero-order valence-electron chi connectivity index (χ0n) is 30.9. The average Bonchev–Trinajstić information content (AvgIpc) is 3.83. The molecule has 0 unspecified atom stereocenters. The molecule has 0 radical (unpaired) electrons. The third-order valence-corrected chi connectivity index (χ3v) is 11.8. The minimum atomic E-state index is -0.0234. The lowest BCUT2D eigenvalue weighted by molar-refractivity contribution is 0.507. The largest absolute Gasteiger partial charge is 0.310 e. The van der Waals surface area contributed by atoms with Gasteiger partial charge in [-0.05, 0) is 143 Å². The van der Waals surface area contributed by atoms with Gasteiger partial charge in [0.2, 0.25) is 0 Å². The number of hydrogen-bond acceptors (Lipinski definition) is 2. The third-order valence-electron chi connectivity index (χ3n) is 11.8. The van der Waals surface area contributed by atoms with Gasteiger partial charge in [-0.15, -0.1) is 0 Å². The number of rotatable bonds is 8. The molecule has 8 aromatic rings. The lowest BCUT2D eigenvalue weighted by Crippen LogP contribution is -2.22. The molecule has 10 rings (SSSR count). The van der Waals surface area contributed by atoms with Crippen molar-refractivity contribution in [2.75, 3.05) is 9.80 Å². The second-order valence-corrected chi connectivity index (χ2v) is 14.9. The Morgan fingerprint density at radius 2 is 0.655 bits per heavy atom. The Hall–Kier alpha value is -6.64. The van der Waals surface area contributed by atoms with Crippen LogP contribution in [0.4, 0.5) is 34.1 Å². The van der Waals surface area contributed by atoms with Gasteiger partial charge in [-0.3, -0.25) is 0 Å². The summed E-state index contributed by atoms with van der Waals surface area (Å²) in [5, 5.41) is 0. The minimum Gasteiger partial charge on any atom is -0.310 e. The average molecular weight is 707 g/mol. The van der Waals surface area contributed by atoms with E-state index >= 15 is 0 Å². The number of fused-ring (bicyclic) bond motifs is 4. The molecule has 0 bridgehead atoms. The first-order valence-electron chi connectivity index (χ1n) is 19.5. The number of benzene rings is 8. The van der Waals surface area contributed by atoms with Crippen LogP contribution in [0.1, 0.15) is 35.1 Å². The van der Waals surface area contributed by atoms with Gasteiger partial charge in [0.05, 0.1) is 0 Å². The molecule has 2 nitrogen and oxygen atoms in total. The topological polar surface area (TPSA) is 6.48 Å². The van der Waals surface area contributed by atoms with Crippen LogP contribution in [0.15, 0.2) is 206 Å². The van der Waals surface area contributed by atoms with E-state index in [-0.39, 0.29) is 5.41 Å². The molecule has 264 valence electrons. The monoisotopic (exact) mass is 706 g/mol. The van der Waals surface area contributed by atoms with Gasteiger partial charge in [0, 0.05) is 39.5 Å². The summed E-state index contributed by atoms with van der Waals surface area (Å²) in [5.74, 6) is 0. The van der Waals surface area contributed by atoms with Gasteiger partial charge in [-0.2, -0.15) is 0 Å². The van der Waals surface area contributed by atoms with E-state index in [0.29, 0.717) is 0 Å². The normalized spacial score (nSPS) is 15.4. The second kappa shape index (κ2) is 14.0. The van der Waals surface area contributed by atoms with Crippen LogP contribution in [0.25, 0.3) is 22.3 Å². The predicted molar refractivity (Wildman–Crippen MR) is 231 cm³/mol. The minimum absolute atomic E-state index is 0.0234. The zero-order chi connectivity index (χ0) is 36.6. The molecular formula is C53H42N2. The maximum Gasteiger partial charge on any atom is 0.0467 e. The highest BCUT2D eigenvalue weighted by Crippen LogP contribution is 2.55. The van der Waals surface area contributed by atoms with Crippen molar-refractivity contribution in [2.24, 2.45) is 0 Å². The highest BCUT2D eigenvalue weighted by Gasteiger charge is 2.45. The molecule has 0 aromatic heterocycles. The molecule has 0 aliphatic heterocycles. The van der Waals surface area contributed by atoms with Crippen molar-refractivity contribution in [3.63, 3.8) is 0 Å². The van der Waals surface area contributed by atoms with Gasteiger partial charge in [-0.25, -0.2) is 0 Å². The number of hydrogen-bond donors (Lipinski definition) is 0. The first-order chi connectivity index (χ1) is 27.2. The van der Waals surface area contributed by atoms with Crippen LogP contribution in [-0.4, -0.2) is 0 Å². The van der Waals surface area contributed by atoms with Gasteiger partial charge in [0.25, 0.3) is 0 Å². The van der Waals surface area contributed by atoms with Crippen LogP contribution in [-0.2, 0) is 18.3 Å². The first-order valence-corrected chi connectivity index (χ1v) is 19.5. The molecule has 1 atom stereocenters. The first kappa shape index (κ1) is 33.0. The Morgan fingerprint density at radius 3 is 1.18 bits per heavy atom. The molecule has 0 saturated carbocycles. The standard InChI is InChI=1S/C53H42N2/c1-5-14-39(15-6-1)41-24-28-47(29-25-41)55(48-23-13-18-44(36-48)40-16-7-2-8-17-40)50-31-27-43-33-35-53(52(43)38-50)34-32-42-26-30-49(37-51(42)53)54(45-19-9-3-10-20-45)46-21-11-4-12-22-46/h1-31,36-38H,32-35H2/t53-/m1/s1. The highest BCUT2D eigenvalue weighted by molar-refractivity contribution is 5.83. The summed E-state index contributed by atoms with van der Waals surface area (Å²) in [7, 11) is 0. The molecule has 0 heterocycles. The SMILES string of the molecule is c1ccc(-c2ccc(N(c3cccc(-c4ccccc4)c3)c3ccc4c(c3)[C@]3(CCc5ccc(N(c6ccccc6)c6ccccc6)cc53)CC4)cc2)cc1. The van der Waals surface area contributed by atoms with Crippen molar-refractivity contribution in [2.45, 2.75) is 31.1 Å². The fourth-order valence-electron chi connectivity index (χ4n) is 9.18. The van der Waals surface area contributed by atoms with Crippen molar-refractivity contribution in [3.8, 4) is 22.3 Å². The molecule has 0 saturated heterocycles. The Balaban J connectivity index is 1.09. The number of para-hydroxylation sites is 2. The van der Waals surface area contributed by atoms with E-state index in [2.05, 4.69) is 216 Å². The summed E-state index contributed by atoms with van der Waals surface area (Å²) < 4.78 is 0. The van der Waals surface area contributed by atoms with Crippen LogP contribution in [0.2, 0.25) is 0 Å². The van der Waals surface area contributed by atoms with Crippen molar-refractivity contribution >= 4 is 34.1 Å². The van der Waals surface area contributed by atoms with E-state index in [1.807, 2.05) is 0 Å². The van der Waals surface area contributed by atoms with Crippen LogP contribution >= 0.6 is 0 Å². The van der Waals surface area contributed by atoms with Crippen molar-refractivity contribution in [3.05, 3.63) is 229 Å². The van der Waals surface area contributed by atoms with Gasteiger partial charge in [0.15, 0.2) is 0 Å². The molecule has 0 N–H and O–H groups in total. The van der Waals surface area contributed by atoms with E-state index in [4.69, 9.17) is 0 Å². The van der Waals surface area contributed by atoms with Crippen molar-refractivity contribution < 1.29 is 0 Å². The predicted octanol–water partition coefficient (Wildman–Crippen LogP) is 14.1.